The van der Waals surface area contributed by atoms with Gasteiger partial charge in [0.2, 0.25) is 0 Å². The number of ether oxygens (including phenoxy) is 1. The highest BCUT2D eigenvalue weighted by Gasteiger charge is 2.15. The number of hydrogen-bond acceptors (Lipinski definition) is 3. The van der Waals surface area contributed by atoms with Crippen LogP contribution in [0.15, 0.2) is 60.8 Å². The van der Waals surface area contributed by atoms with E-state index in [1.54, 1.807) is 0 Å². The number of esters is 1. The first-order chi connectivity index (χ1) is 11.3. The summed E-state index contributed by atoms with van der Waals surface area (Å²) in [6.45, 7) is 2.06. The average Bonchev–Trinajstić information content (AvgIpc) is 2.61. The van der Waals surface area contributed by atoms with E-state index in [1.807, 2.05) is 60.8 Å². The quantitative estimate of drug-likeness (QED) is 0.623. The van der Waals surface area contributed by atoms with Crippen molar-refractivity contribution < 1.29 is 9.53 Å². The number of rotatable bonds is 5. The molecule has 2 aromatic carbocycles. The number of unbranched alkanes of at least 4 members (excludes halogenated alkanes) is 1. The zero-order valence-corrected chi connectivity index (χ0v) is 13.2. The fraction of sp³-hybridized carbons (Fsp3) is 0.200. The predicted octanol–water partition coefficient (Wildman–Crippen LogP) is 5.00. The normalized spacial score (nSPS) is 10.7. The van der Waals surface area contributed by atoms with Crippen molar-refractivity contribution in [3.8, 4) is 17.0 Å². The minimum Gasteiger partial charge on any atom is -0.424 e. The maximum Gasteiger partial charge on any atom is 0.311 e. The van der Waals surface area contributed by atoms with Gasteiger partial charge in [0.1, 0.15) is 5.69 Å². The molecule has 0 spiro atoms. The molecule has 1 aromatic heterocycles. The number of benzene rings is 2. The molecule has 0 aliphatic rings. The number of fused-ring (bicyclic) bond motifs is 1. The monoisotopic (exact) mass is 305 g/mol. The molecule has 0 bridgehead atoms. The van der Waals surface area contributed by atoms with Gasteiger partial charge in [-0.05, 0) is 6.42 Å². The lowest BCUT2D eigenvalue weighted by Crippen LogP contribution is -2.09. The third kappa shape index (κ3) is 3.39. The van der Waals surface area contributed by atoms with Crippen molar-refractivity contribution in [2.75, 3.05) is 0 Å². The van der Waals surface area contributed by atoms with Gasteiger partial charge in [-0.25, -0.2) is 0 Å². The first kappa shape index (κ1) is 15.2. The Hall–Kier alpha value is -2.68. The molecule has 0 radical (unpaired) electrons. The number of hydrogen-bond donors (Lipinski definition) is 0. The van der Waals surface area contributed by atoms with Gasteiger partial charge in [0, 0.05) is 29.0 Å². The van der Waals surface area contributed by atoms with Gasteiger partial charge >= 0.3 is 5.97 Å². The lowest BCUT2D eigenvalue weighted by Gasteiger charge is -2.12. The van der Waals surface area contributed by atoms with Crippen LogP contribution in [0.3, 0.4) is 0 Å². The standard InChI is InChI=1S/C20H19NO2/c1-2-3-13-18(22)23-20-17-12-8-7-11-16(17)14-21-19(20)15-9-5-4-6-10-15/h4-12,14H,2-3,13H2,1H3. The fourth-order valence-electron chi connectivity index (χ4n) is 2.53. The highest BCUT2D eigenvalue weighted by atomic mass is 16.5. The molecule has 3 aromatic rings. The van der Waals surface area contributed by atoms with Crippen molar-refractivity contribution in [3.05, 3.63) is 60.8 Å². The van der Waals surface area contributed by atoms with Gasteiger partial charge in [-0.2, -0.15) is 0 Å². The van der Waals surface area contributed by atoms with Crippen molar-refractivity contribution in [2.24, 2.45) is 0 Å². The van der Waals surface area contributed by atoms with E-state index >= 15 is 0 Å². The molecule has 116 valence electrons. The fourth-order valence-corrected chi connectivity index (χ4v) is 2.53. The lowest BCUT2D eigenvalue weighted by atomic mass is 10.1. The van der Waals surface area contributed by atoms with Crippen molar-refractivity contribution >= 4 is 16.7 Å². The maximum absolute atomic E-state index is 12.1. The molecule has 0 atom stereocenters. The van der Waals surface area contributed by atoms with Gasteiger partial charge < -0.3 is 4.74 Å². The van der Waals surface area contributed by atoms with E-state index in [-0.39, 0.29) is 5.97 Å². The Morgan fingerprint density at radius 3 is 2.57 bits per heavy atom. The van der Waals surface area contributed by atoms with Gasteiger partial charge in [0.15, 0.2) is 5.75 Å². The molecule has 3 nitrogen and oxygen atoms in total. The summed E-state index contributed by atoms with van der Waals surface area (Å²) in [5.41, 5.74) is 1.64. The van der Waals surface area contributed by atoms with Crippen LogP contribution in [0.5, 0.6) is 5.75 Å². The Bertz CT molecular complexity index is 812. The Morgan fingerprint density at radius 1 is 1.04 bits per heavy atom. The summed E-state index contributed by atoms with van der Waals surface area (Å²) in [5, 5.41) is 1.87. The van der Waals surface area contributed by atoms with Crippen LogP contribution in [0, 0.1) is 0 Å². The molecule has 0 saturated heterocycles. The van der Waals surface area contributed by atoms with Gasteiger partial charge in [0.05, 0.1) is 0 Å². The maximum atomic E-state index is 12.1. The van der Waals surface area contributed by atoms with Crippen LogP contribution in [0.2, 0.25) is 0 Å². The van der Waals surface area contributed by atoms with Gasteiger partial charge in [-0.1, -0.05) is 67.9 Å². The minimum absolute atomic E-state index is 0.206. The lowest BCUT2D eigenvalue weighted by molar-refractivity contribution is -0.134. The van der Waals surface area contributed by atoms with Crippen LogP contribution < -0.4 is 4.74 Å². The second-order valence-electron chi connectivity index (χ2n) is 5.47. The zero-order valence-electron chi connectivity index (χ0n) is 13.2. The molecule has 23 heavy (non-hydrogen) atoms. The zero-order chi connectivity index (χ0) is 16.1. The predicted molar refractivity (Wildman–Crippen MR) is 92.3 cm³/mol. The van der Waals surface area contributed by atoms with Crippen molar-refractivity contribution in [1.82, 2.24) is 4.98 Å². The SMILES string of the molecule is CCCCC(=O)Oc1c(-c2ccccc2)ncc2ccccc12. The number of nitrogens with zero attached hydrogens (tertiary/aromatic N) is 1. The van der Waals surface area contributed by atoms with Gasteiger partial charge in [-0.3, -0.25) is 9.78 Å². The molecule has 0 saturated carbocycles. The molecule has 3 rings (SSSR count). The Morgan fingerprint density at radius 2 is 1.78 bits per heavy atom. The third-order valence-corrected chi connectivity index (χ3v) is 3.75. The molecule has 0 N–H and O–H groups in total. The molecule has 0 amide bonds. The summed E-state index contributed by atoms with van der Waals surface area (Å²) in [6, 6.07) is 17.6. The Labute approximate surface area is 135 Å². The average molecular weight is 305 g/mol. The second-order valence-corrected chi connectivity index (χ2v) is 5.47. The summed E-state index contributed by atoms with van der Waals surface area (Å²) in [5.74, 6) is 0.345. The van der Waals surface area contributed by atoms with E-state index in [1.165, 1.54) is 0 Å². The molecule has 1 heterocycles. The summed E-state index contributed by atoms with van der Waals surface area (Å²) in [7, 11) is 0. The van der Waals surface area contributed by atoms with E-state index in [2.05, 4.69) is 11.9 Å². The van der Waals surface area contributed by atoms with Crippen LogP contribution in [0.1, 0.15) is 26.2 Å². The minimum atomic E-state index is -0.206. The molecule has 0 unspecified atom stereocenters. The number of aromatic nitrogens is 1. The summed E-state index contributed by atoms with van der Waals surface area (Å²) in [4.78, 5) is 16.7. The summed E-state index contributed by atoms with van der Waals surface area (Å²) in [6.07, 6.45) is 4.04. The third-order valence-electron chi connectivity index (χ3n) is 3.75. The van der Waals surface area contributed by atoms with E-state index in [0.29, 0.717) is 17.9 Å². The van der Waals surface area contributed by atoms with E-state index in [9.17, 15) is 4.79 Å². The molecule has 0 aliphatic heterocycles. The van der Waals surface area contributed by atoms with E-state index < -0.39 is 0 Å². The topological polar surface area (TPSA) is 39.2 Å². The highest BCUT2D eigenvalue weighted by molar-refractivity contribution is 5.95. The first-order valence-corrected chi connectivity index (χ1v) is 7.93. The number of carbonyl (C=O) groups excluding carboxylic acids is 1. The highest BCUT2D eigenvalue weighted by Crippen LogP contribution is 2.35. The largest absolute Gasteiger partial charge is 0.424 e. The summed E-state index contributed by atoms with van der Waals surface area (Å²) >= 11 is 0. The van der Waals surface area contributed by atoms with Crippen LogP contribution in [-0.2, 0) is 4.79 Å². The van der Waals surface area contributed by atoms with Crippen LogP contribution in [0.25, 0.3) is 22.0 Å². The van der Waals surface area contributed by atoms with E-state index in [4.69, 9.17) is 4.74 Å². The van der Waals surface area contributed by atoms with Crippen molar-refractivity contribution in [3.63, 3.8) is 0 Å². The van der Waals surface area contributed by atoms with Crippen LogP contribution >= 0.6 is 0 Å². The smallest absolute Gasteiger partial charge is 0.311 e. The van der Waals surface area contributed by atoms with Crippen molar-refractivity contribution in [2.45, 2.75) is 26.2 Å². The number of pyridine rings is 1. The van der Waals surface area contributed by atoms with Crippen LogP contribution in [0.4, 0.5) is 0 Å². The summed E-state index contributed by atoms with van der Waals surface area (Å²) < 4.78 is 5.71. The van der Waals surface area contributed by atoms with Crippen molar-refractivity contribution in [1.29, 1.82) is 0 Å². The molecular weight excluding hydrogens is 286 g/mol. The molecule has 3 heteroatoms. The van der Waals surface area contributed by atoms with Gasteiger partial charge in [-0.15, -0.1) is 0 Å². The second kappa shape index (κ2) is 7.05. The Balaban J connectivity index is 2.09. The number of carbonyl (C=O) groups is 1. The molecule has 0 fully saturated rings. The van der Waals surface area contributed by atoms with Crippen LogP contribution in [-0.4, -0.2) is 11.0 Å². The molecule has 0 aliphatic carbocycles. The Kier molecular flexibility index (Phi) is 4.67. The first-order valence-electron chi connectivity index (χ1n) is 7.93. The van der Waals surface area contributed by atoms with E-state index in [0.717, 1.165) is 29.2 Å². The molecular formula is C20H19NO2. The van der Waals surface area contributed by atoms with Gasteiger partial charge in [0.25, 0.3) is 0 Å².